The van der Waals surface area contributed by atoms with Crippen LogP contribution in [0.2, 0.25) is 0 Å². The van der Waals surface area contributed by atoms with Gasteiger partial charge >= 0.3 is 5.97 Å². The number of ketones is 3. The lowest BCUT2D eigenvalue weighted by Crippen LogP contribution is -2.60. The van der Waals surface area contributed by atoms with Crippen LogP contribution in [0, 0.1) is 29.1 Å². The van der Waals surface area contributed by atoms with E-state index in [9.17, 15) is 29.1 Å². The van der Waals surface area contributed by atoms with Crippen LogP contribution in [0.4, 0.5) is 0 Å². The first kappa shape index (κ1) is 18.9. The number of aldehydes is 1. The van der Waals surface area contributed by atoms with Crippen molar-refractivity contribution >= 4 is 29.6 Å². The number of ether oxygens (including phenoxy) is 1. The molecule has 0 heterocycles. The van der Waals surface area contributed by atoms with Gasteiger partial charge in [0.05, 0.1) is 5.92 Å². The van der Waals surface area contributed by atoms with Gasteiger partial charge in [0.1, 0.15) is 23.5 Å². The average molecular weight is 364 g/mol. The first-order chi connectivity index (χ1) is 12.2. The molecular weight excluding hydrogens is 340 g/mol. The van der Waals surface area contributed by atoms with E-state index in [0.717, 1.165) is 0 Å². The fourth-order valence-electron chi connectivity index (χ4n) is 5.64. The molecular formula is C19H24O7. The zero-order chi connectivity index (χ0) is 19.3. The zero-order valence-corrected chi connectivity index (χ0v) is 15.0. The molecule has 3 aliphatic carbocycles. The largest absolute Gasteiger partial charge is 0.458 e. The highest BCUT2D eigenvalue weighted by Crippen LogP contribution is 2.62. The molecule has 4 unspecified atom stereocenters. The van der Waals surface area contributed by atoms with E-state index in [0.29, 0.717) is 19.1 Å². The van der Waals surface area contributed by atoms with Crippen LogP contribution in [0.3, 0.4) is 0 Å². The van der Waals surface area contributed by atoms with Gasteiger partial charge in [-0.3, -0.25) is 19.2 Å². The number of carbonyl (C=O) groups excluding carboxylic acids is 5. The first-order valence-electron chi connectivity index (χ1n) is 9.05. The van der Waals surface area contributed by atoms with Crippen LogP contribution in [0.5, 0.6) is 0 Å². The third-order valence-corrected chi connectivity index (χ3v) is 6.97. The molecule has 3 rings (SSSR count). The summed E-state index contributed by atoms with van der Waals surface area (Å²) >= 11 is 0. The Kier molecular flexibility index (Phi) is 4.63. The van der Waals surface area contributed by atoms with E-state index in [1.54, 1.807) is 6.92 Å². The predicted molar refractivity (Wildman–Crippen MR) is 87.8 cm³/mol. The second-order valence-corrected chi connectivity index (χ2v) is 8.13. The van der Waals surface area contributed by atoms with Gasteiger partial charge in [-0.15, -0.1) is 0 Å². The van der Waals surface area contributed by atoms with Gasteiger partial charge in [-0.05, 0) is 31.1 Å². The summed E-state index contributed by atoms with van der Waals surface area (Å²) in [4.78, 5) is 59.9. The number of fused-ring (bicyclic) bond motifs is 3. The van der Waals surface area contributed by atoms with Crippen molar-refractivity contribution in [1.82, 2.24) is 0 Å². The topological polar surface area (TPSA) is 115 Å². The summed E-state index contributed by atoms with van der Waals surface area (Å²) in [6.45, 7) is 2.40. The van der Waals surface area contributed by atoms with E-state index >= 15 is 0 Å². The minimum atomic E-state index is -1.74. The van der Waals surface area contributed by atoms with Gasteiger partial charge in [0.25, 0.3) is 0 Å². The van der Waals surface area contributed by atoms with Crippen LogP contribution in [-0.4, -0.2) is 46.9 Å². The summed E-state index contributed by atoms with van der Waals surface area (Å²) in [5.74, 6) is -3.51. The second-order valence-electron chi connectivity index (χ2n) is 8.13. The molecule has 0 bridgehead atoms. The number of hydrogen-bond donors (Lipinski definition) is 1. The normalized spacial score (nSPS) is 42.0. The van der Waals surface area contributed by atoms with Crippen molar-refractivity contribution in [2.24, 2.45) is 29.1 Å². The summed E-state index contributed by atoms with van der Waals surface area (Å²) in [6.07, 6.45) is 1.97. The Labute approximate surface area is 151 Å². The highest BCUT2D eigenvalue weighted by Gasteiger charge is 2.67. The van der Waals surface area contributed by atoms with Crippen molar-refractivity contribution in [3.05, 3.63) is 0 Å². The monoisotopic (exact) mass is 364 g/mol. The molecule has 26 heavy (non-hydrogen) atoms. The number of hydrogen-bond acceptors (Lipinski definition) is 7. The highest BCUT2D eigenvalue weighted by atomic mass is 16.5. The molecule has 0 spiro atoms. The Morgan fingerprint density at radius 3 is 2.58 bits per heavy atom. The summed E-state index contributed by atoms with van der Waals surface area (Å²) < 4.78 is 4.76. The molecule has 0 aromatic heterocycles. The van der Waals surface area contributed by atoms with E-state index in [-0.39, 0.29) is 42.7 Å². The molecule has 0 aliphatic heterocycles. The van der Waals surface area contributed by atoms with Gasteiger partial charge in [-0.2, -0.15) is 0 Å². The Hall–Kier alpha value is -1.89. The molecule has 0 radical (unpaired) electrons. The molecule has 3 aliphatic rings. The van der Waals surface area contributed by atoms with Gasteiger partial charge < -0.3 is 14.6 Å². The molecule has 0 aromatic rings. The fraction of sp³-hybridized carbons (Fsp3) is 0.737. The lowest BCUT2D eigenvalue weighted by atomic mass is 9.51. The molecule has 3 fully saturated rings. The van der Waals surface area contributed by atoms with Crippen LogP contribution in [0.25, 0.3) is 0 Å². The van der Waals surface area contributed by atoms with Crippen LogP contribution in [0.1, 0.15) is 46.0 Å². The van der Waals surface area contributed by atoms with Gasteiger partial charge in [0.2, 0.25) is 5.78 Å². The summed E-state index contributed by atoms with van der Waals surface area (Å²) in [6, 6.07) is 0. The molecule has 7 heteroatoms. The number of aliphatic hydroxyl groups is 1. The van der Waals surface area contributed by atoms with E-state index in [1.165, 1.54) is 6.92 Å². The lowest BCUT2D eigenvalue weighted by Gasteiger charge is -2.52. The number of rotatable bonds is 4. The Bertz CT molecular complexity index is 683. The average Bonchev–Trinajstić information content (AvgIpc) is 2.85. The molecule has 142 valence electrons. The number of Topliss-reactive ketones (excluding diaryl/α,β-unsaturated/α-hetero) is 3. The highest BCUT2D eigenvalue weighted by molar-refractivity contribution is 6.01. The maximum absolute atomic E-state index is 12.8. The minimum Gasteiger partial charge on any atom is -0.458 e. The predicted octanol–water partition coefficient (Wildman–Crippen LogP) is 0.649. The van der Waals surface area contributed by atoms with Crippen LogP contribution in [0.15, 0.2) is 0 Å². The molecule has 0 aromatic carbocycles. The Morgan fingerprint density at radius 2 is 1.96 bits per heavy atom. The maximum Gasteiger partial charge on any atom is 0.303 e. The summed E-state index contributed by atoms with van der Waals surface area (Å²) in [5.41, 5.74) is -2.72. The van der Waals surface area contributed by atoms with E-state index in [4.69, 9.17) is 4.74 Å². The van der Waals surface area contributed by atoms with E-state index in [2.05, 4.69) is 0 Å². The lowest BCUT2D eigenvalue weighted by molar-refractivity contribution is -0.173. The Morgan fingerprint density at radius 1 is 1.27 bits per heavy atom. The summed E-state index contributed by atoms with van der Waals surface area (Å²) in [7, 11) is 0. The van der Waals surface area contributed by atoms with Crippen molar-refractivity contribution in [3.63, 3.8) is 0 Å². The molecule has 7 nitrogen and oxygen atoms in total. The second kappa shape index (κ2) is 6.37. The quantitative estimate of drug-likeness (QED) is 0.442. The number of carbonyl (C=O) groups is 5. The minimum absolute atomic E-state index is 0.0568. The van der Waals surface area contributed by atoms with Crippen molar-refractivity contribution in [3.8, 4) is 0 Å². The maximum atomic E-state index is 12.8. The standard InChI is InChI=1S/C19H24O7/c1-10(21)26-9-16(24)19(25)6-5-13-11-3-4-14(22)12(8-20)17(11)15(23)7-18(13,19)2/h8,11-13,17,25H,3-7,9H2,1-2H3/t11?,12-,13?,17?,18?,19-/m0/s1. The van der Waals surface area contributed by atoms with E-state index in [1.807, 2.05) is 0 Å². The first-order valence-corrected chi connectivity index (χ1v) is 9.05. The molecule has 0 amide bonds. The van der Waals surface area contributed by atoms with Gasteiger partial charge in [-0.25, -0.2) is 0 Å². The molecule has 3 saturated carbocycles. The van der Waals surface area contributed by atoms with Crippen LogP contribution in [-0.2, 0) is 28.7 Å². The molecule has 6 atom stereocenters. The van der Waals surface area contributed by atoms with Crippen LogP contribution >= 0.6 is 0 Å². The van der Waals surface area contributed by atoms with Gasteiger partial charge in [0, 0.05) is 31.1 Å². The van der Waals surface area contributed by atoms with Crippen LogP contribution < -0.4 is 0 Å². The zero-order valence-electron chi connectivity index (χ0n) is 15.0. The smallest absolute Gasteiger partial charge is 0.303 e. The van der Waals surface area contributed by atoms with Crippen molar-refractivity contribution in [2.75, 3.05) is 6.61 Å². The van der Waals surface area contributed by atoms with E-state index < -0.39 is 41.2 Å². The summed E-state index contributed by atoms with van der Waals surface area (Å²) in [5, 5.41) is 11.2. The SMILES string of the molecule is CC(=O)OCC(=O)[C@@]1(O)CCC2C3CCC(=O)[C@H](C=O)C3C(=O)CC21C. The van der Waals surface area contributed by atoms with Crippen molar-refractivity contribution < 1.29 is 33.8 Å². The van der Waals surface area contributed by atoms with Crippen molar-refractivity contribution in [1.29, 1.82) is 0 Å². The third kappa shape index (κ3) is 2.55. The number of esters is 1. The fourth-order valence-corrected chi connectivity index (χ4v) is 5.64. The third-order valence-electron chi connectivity index (χ3n) is 6.97. The van der Waals surface area contributed by atoms with Gasteiger partial charge in [0.15, 0.2) is 6.61 Å². The van der Waals surface area contributed by atoms with Gasteiger partial charge in [-0.1, -0.05) is 6.92 Å². The molecule has 1 N–H and O–H groups in total. The van der Waals surface area contributed by atoms with Crippen molar-refractivity contribution in [2.45, 2.75) is 51.6 Å². The Balaban J connectivity index is 1.92. The molecule has 0 saturated heterocycles.